The van der Waals surface area contributed by atoms with Crippen LogP contribution in [0.3, 0.4) is 0 Å². The van der Waals surface area contributed by atoms with Crippen molar-refractivity contribution in [3.63, 3.8) is 0 Å². The van der Waals surface area contributed by atoms with Crippen LogP contribution in [0.2, 0.25) is 0 Å². The molecule has 0 saturated heterocycles. The van der Waals surface area contributed by atoms with Crippen LogP contribution in [0.1, 0.15) is 95.5 Å². The summed E-state index contributed by atoms with van der Waals surface area (Å²) in [4.78, 5) is 8.00. The Morgan fingerprint density at radius 3 is 1.83 bits per heavy atom. The first-order chi connectivity index (χ1) is 24.4. The van der Waals surface area contributed by atoms with Gasteiger partial charge >= 0.3 is 6.18 Å². The number of hydrogen-bond donors (Lipinski definition) is 2. The van der Waals surface area contributed by atoms with Crippen molar-refractivity contribution in [1.29, 1.82) is 0 Å². The minimum atomic E-state index is -4.65. The number of aliphatic hydroxyl groups is 1. The predicted octanol–water partition coefficient (Wildman–Crippen LogP) is 12.3. The van der Waals surface area contributed by atoms with Gasteiger partial charge in [-0.2, -0.15) is 13.2 Å². The Labute approximate surface area is 308 Å². The lowest BCUT2D eigenvalue weighted by molar-refractivity contribution is -0.137. The van der Waals surface area contributed by atoms with Gasteiger partial charge in [0, 0.05) is 36.3 Å². The molecule has 0 aromatic heterocycles. The van der Waals surface area contributed by atoms with Gasteiger partial charge in [-0.05, 0) is 88.4 Å². The minimum absolute atomic E-state index is 0.174. The number of hydrazine groups is 1. The second kappa shape index (κ2) is 23.1. The first-order valence-electron chi connectivity index (χ1n) is 17.3. The fraction of sp³-hybridized carbons (Fsp3) is 0.372. The van der Waals surface area contributed by atoms with Gasteiger partial charge in [0.05, 0.1) is 16.9 Å². The van der Waals surface area contributed by atoms with Crippen molar-refractivity contribution >= 4 is 12.5 Å². The fourth-order valence-corrected chi connectivity index (χ4v) is 5.23. The summed E-state index contributed by atoms with van der Waals surface area (Å²) in [6.45, 7) is 29.5. The zero-order valence-electron chi connectivity index (χ0n) is 32.1. The predicted molar refractivity (Wildman–Crippen MR) is 207 cm³/mol. The van der Waals surface area contributed by atoms with Crippen LogP contribution in [0.4, 0.5) is 27.6 Å². The molecule has 9 heteroatoms. The van der Waals surface area contributed by atoms with Gasteiger partial charge in [-0.15, -0.1) is 6.58 Å². The highest BCUT2D eigenvalue weighted by atomic mass is 19.4. The first kappa shape index (κ1) is 47.5. The number of alkyl halides is 5. The Balaban J connectivity index is 0.000000854. The molecule has 52 heavy (non-hydrogen) atoms. The molecule has 1 heterocycles. The Morgan fingerprint density at radius 2 is 1.38 bits per heavy atom. The normalized spacial score (nSPS) is 12.7. The number of carbonyl (C=O) groups is 1. The number of nitrogens with one attached hydrogen (secondary N) is 1. The Hall–Kier alpha value is -4.50. The summed E-state index contributed by atoms with van der Waals surface area (Å²) in [5.74, 6) is -3.05. The van der Waals surface area contributed by atoms with Crippen LogP contribution in [0, 0.1) is 12.8 Å². The number of allylic oxidation sites excluding steroid dienone is 4. The number of benzene rings is 3. The van der Waals surface area contributed by atoms with E-state index in [0.29, 0.717) is 13.0 Å². The van der Waals surface area contributed by atoms with Crippen LogP contribution >= 0.6 is 0 Å². The smallest absolute Gasteiger partial charge is 0.397 e. The number of halogens is 5. The van der Waals surface area contributed by atoms with E-state index >= 15 is 0 Å². The Bertz CT molecular complexity index is 1540. The van der Waals surface area contributed by atoms with Crippen molar-refractivity contribution in [1.82, 2.24) is 5.43 Å². The molecule has 3 aromatic carbocycles. The van der Waals surface area contributed by atoms with Gasteiger partial charge in [0.1, 0.15) is 6.79 Å². The van der Waals surface area contributed by atoms with Gasteiger partial charge in [0.15, 0.2) is 0 Å². The molecule has 1 aliphatic rings. The van der Waals surface area contributed by atoms with Crippen LogP contribution in [0.5, 0.6) is 0 Å². The largest absolute Gasteiger partial charge is 0.416 e. The lowest BCUT2D eigenvalue weighted by atomic mass is 9.84. The third-order valence-corrected chi connectivity index (χ3v) is 7.52. The molecule has 286 valence electrons. The summed E-state index contributed by atoms with van der Waals surface area (Å²) >= 11 is 0. The van der Waals surface area contributed by atoms with E-state index in [9.17, 15) is 22.0 Å². The standard InChI is InChI=1S/C21H28N2.C17H15F5.C2H6O.C2H6.CH2O/c1-7-11-20-21(19(16(4)5)14-15(2)3)17(6)23(22-20)18-12-9-8-10-13-18;1-11-3-5-12(6-4-11)7-13-8-14(16(2,18)19)10-15(9-13)17(20,21)22;1-2-3;2*1-2/h8-10,12-13,19,22H,2,4,6-7,11,14H2,1,3,5H3;3-6,8-10H,7H2,1-2H3;3H,2H2,1H3;1-2H3;1H2. The van der Waals surface area contributed by atoms with Gasteiger partial charge in [0.25, 0.3) is 5.92 Å². The zero-order chi connectivity index (χ0) is 40.2. The summed E-state index contributed by atoms with van der Waals surface area (Å²) in [5.41, 5.74) is 10.9. The molecule has 1 atom stereocenters. The molecule has 0 saturated carbocycles. The summed E-state index contributed by atoms with van der Waals surface area (Å²) in [7, 11) is 0. The maximum atomic E-state index is 13.4. The van der Waals surface area contributed by atoms with E-state index < -0.39 is 23.2 Å². The van der Waals surface area contributed by atoms with E-state index in [1.54, 1.807) is 19.1 Å². The topological polar surface area (TPSA) is 52.6 Å². The molecule has 0 amide bonds. The second-order valence-corrected chi connectivity index (χ2v) is 12.2. The van der Waals surface area contributed by atoms with Gasteiger partial charge < -0.3 is 9.90 Å². The van der Waals surface area contributed by atoms with Crippen LogP contribution in [-0.4, -0.2) is 18.5 Å². The van der Waals surface area contributed by atoms with Crippen LogP contribution < -0.4 is 10.4 Å². The van der Waals surface area contributed by atoms with Crippen molar-refractivity contribution in [3.05, 3.63) is 148 Å². The molecule has 0 spiro atoms. The monoisotopic (exact) mass is 728 g/mol. The zero-order valence-corrected chi connectivity index (χ0v) is 32.1. The van der Waals surface area contributed by atoms with Gasteiger partial charge in [-0.3, -0.25) is 10.4 Å². The molecule has 2 N–H and O–H groups in total. The van der Waals surface area contributed by atoms with E-state index in [1.807, 2.05) is 57.9 Å². The maximum Gasteiger partial charge on any atom is 0.416 e. The van der Waals surface area contributed by atoms with Crippen molar-refractivity contribution in [2.45, 2.75) is 93.2 Å². The maximum absolute atomic E-state index is 13.4. The first-order valence-corrected chi connectivity index (χ1v) is 17.3. The summed E-state index contributed by atoms with van der Waals surface area (Å²) in [6, 6.07) is 20.1. The number of aryl methyl sites for hydroxylation is 1. The van der Waals surface area contributed by atoms with Crippen molar-refractivity contribution < 1.29 is 31.9 Å². The van der Waals surface area contributed by atoms with Gasteiger partial charge in [-0.1, -0.05) is 99.5 Å². The van der Waals surface area contributed by atoms with Crippen molar-refractivity contribution in [2.24, 2.45) is 5.92 Å². The number of rotatable bonds is 10. The SMILES string of the molecule is C=C(C)CC(C(=C)C)C1=C(CCC)NN(c2ccccc2)C1=C.C=O.CC.CCO.Cc1ccc(Cc2cc(C(C)(F)F)cc(C(F)(F)F)c2)cc1. The summed E-state index contributed by atoms with van der Waals surface area (Å²) < 4.78 is 65.5. The molecule has 1 unspecified atom stereocenters. The van der Waals surface area contributed by atoms with Crippen LogP contribution in [-0.2, 0) is 23.3 Å². The van der Waals surface area contributed by atoms with E-state index in [-0.39, 0.29) is 24.5 Å². The lowest BCUT2D eigenvalue weighted by Gasteiger charge is -2.24. The number of hydrogen-bond acceptors (Lipinski definition) is 4. The average molecular weight is 729 g/mol. The third-order valence-electron chi connectivity index (χ3n) is 7.52. The molecular formula is C43H57F5N2O2. The van der Waals surface area contributed by atoms with Gasteiger partial charge in [0.2, 0.25) is 0 Å². The number of nitrogens with zero attached hydrogens (tertiary/aromatic N) is 1. The molecular weight excluding hydrogens is 671 g/mol. The van der Waals surface area contributed by atoms with Crippen LogP contribution in [0.25, 0.3) is 0 Å². The molecule has 3 aromatic rings. The quantitative estimate of drug-likeness (QED) is 0.161. The lowest BCUT2D eigenvalue weighted by Crippen LogP contribution is -2.30. The highest BCUT2D eigenvalue weighted by Gasteiger charge is 2.34. The number of aliphatic hydroxyl groups excluding tert-OH is 1. The third kappa shape index (κ3) is 15.4. The molecule has 1 aliphatic heterocycles. The number of carbonyl (C=O) groups excluding carboxylic acids is 1. The molecule has 0 aliphatic carbocycles. The summed E-state index contributed by atoms with van der Waals surface area (Å²) in [5, 5.41) is 9.66. The fourth-order valence-electron chi connectivity index (χ4n) is 5.23. The molecule has 0 fully saturated rings. The highest BCUT2D eigenvalue weighted by molar-refractivity contribution is 5.61. The van der Waals surface area contributed by atoms with Crippen LogP contribution in [0.15, 0.2) is 121 Å². The van der Waals surface area contributed by atoms with Crippen molar-refractivity contribution in [3.8, 4) is 0 Å². The van der Waals surface area contributed by atoms with Crippen molar-refractivity contribution in [2.75, 3.05) is 11.6 Å². The van der Waals surface area contributed by atoms with E-state index in [1.165, 1.54) is 16.8 Å². The van der Waals surface area contributed by atoms with E-state index in [2.05, 4.69) is 63.1 Å². The molecule has 4 nitrogen and oxygen atoms in total. The van der Waals surface area contributed by atoms with Gasteiger partial charge in [-0.25, -0.2) is 8.78 Å². The number of anilines is 1. The Kier molecular flexibility index (Phi) is 21.1. The minimum Gasteiger partial charge on any atom is -0.397 e. The summed E-state index contributed by atoms with van der Waals surface area (Å²) in [6.07, 6.45) is -1.45. The average Bonchev–Trinajstić information content (AvgIpc) is 3.41. The highest BCUT2D eigenvalue weighted by Crippen LogP contribution is 2.40. The molecule has 0 radical (unpaired) electrons. The number of para-hydroxylation sites is 1. The second-order valence-electron chi connectivity index (χ2n) is 12.2. The molecule has 4 rings (SSSR count). The Morgan fingerprint density at radius 1 is 0.865 bits per heavy atom. The van der Waals surface area contributed by atoms with E-state index in [4.69, 9.17) is 9.90 Å². The van der Waals surface area contributed by atoms with E-state index in [0.717, 1.165) is 59.5 Å². The molecule has 0 bridgehead atoms.